The molecule has 6 aromatic rings. The second kappa shape index (κ2) is 9.02. The van der Waals surface area contributed by atoms with Crippen molar-refractivity contribution in [3.05, 3.63) is 129 Å². The SMILES string of the molecule is Cc1cccc(Cn2c(=O)n(C)c(=O)c3c(-c4ccncc4)n(Cc4cccc5ccccc45)nc32)c1. The molecular weight excluding hydrogens is 462 g/mol. The minimum absolute atomic E-state index is 0.312. The molecule has 0 saturated heterocycles. The van der Waals surface area contributed by atoms with Crippen LogP contribution in [0.15, 0.2) is 101 Å². The van der Waals surface area contributed by atoms with Crippen LogP contribution in [-0.2, 0) is 20.1 Å². The van der Waals surface area contributed by atoms with Crippen LogP contribution in [0.2, 0.25) is 0 Å². The Kier molecular flexibility index (Phi) is 5.53. The van der Waals surface area contributed by atoms with Crippen molar-refractivity contribution in [2.24, 2.45) is 7.05 Å². The van der Waals surface area contributed by atoms with Crippen LogP contribution in [0, 0.1) is 6.92 Å². The fourth-order valence-electron chi connectivity index (χ4n) is 5.01. The molecule has 7 heteroatoms. The van der Waals surface area contributed by atoms with Crippen LogP contribution in [-0.4, -0.2) is 23.9 Å². The number of benzene rings is 3. The van der Waals surface area contributed by atoms with Crippen LogP contribution in [0.5, 0.6) is 0 Å². The van der Waals surface area contributed by atoms with Crippen molar-refractivity contribution in [2.75, 3.05) is 0 Å². The molecule has 37 heavy (non-hydrogen) atoms. The summed E-state index contributed by atoms with van der Waals surface area (Å²) in [6, 6.07) is 26.1. The van der Waals surface area contributed by atoms with E-state index in [0.29, 0.717) is 29.8 Å². The first-order valence-corrected chi connectivity index (χ1v) is 12.1. The first kappa shape index (κ1) is 22.7. The van der Waals surface area contributed by atoms with E-state index in [0.717, 1.165) is 33.0 Å². The van der Waals surface area contributed by atoms with E-state index in [4.69, 9.17) is 5.10 Å². The molecule has 6 rings (SSSR count). The largest absolute Gasteiger partial charge is 0.332 e. The number of hydrogen-bond acceptors (Lipinski definition) is 4. The topological polar surface area (TPSA) is 74.7 Å². The number of fused-ring (bicyclic) bond motifs is 2. The minimum Gasteiger partial charge on any atom is -0.271 e. The van der Waals surface area contributed by atoms with Gasteiger partial charge in [0.15, 0.2) is 5.65 Å². The average molecular weight is 488 g/mol. The third-order valence-electron chi connectivity index (χ3n) is 6.80. The van der Waals surface area contributed by atoms with E-state index in [1.54, 1.807) is 17.0 Å². The fourth-order valence-corrected chi connectivity index (χ4v) is 5.01. The normalized spacial score (nSPS) is 11.4. The van der Waals surface area contributed by atoms with Crippen molar-refractivity contribution in [3.8, 4) is 11.3 Å². The van der Waals surface area contributed by atoms with Gasteiger partial charge in [0.2, 0.25) is 0 Å². The lowest BCUT2D eigenvalue weighted by Gasteiger charge is -2.10. The van der Waals surface area contributed by atoms with E-state index < -0.39 is 5.69 Å². The summed E-state index contributed by atoms with van der Waals surface area (Å²) in [6.07, 6.45) is 3.40. The van der Waals surface area contributed by atoms with Crippen LogP contribution < -0.4 is 11.2 Å². The summed E-state index contributed by atoms with van der Waals surface area (Å²) in [7, 11) is 1.52. The maximum Gasteiger partial charge on any atom is 0.332 e. The molecule has 0 bridgehead atoms. The first-order chi connectivity index (χ1) is 18.0. The Morgan fingerprint density at radius 1 is 0.838 bits per heavy atom. The Bertz CT molecular complexity index is 1890. The summed E-state index contributed by atoms with van der Waals surface area (Å²) >= 11 is 0. The molecule has 0 saturated carbocycles. The van der Waals surface area contributed by atoms with Gasteiger partial charge in [-0.25, -0.2) is 4.79 Å². The summed E-state index contributed by atoms with van der Waals surface area (Å²) in [5.74, 6) is 0. The van der Waals surface area contributed by atoms with Crippen molar-refractivity contribution in [2.45, 2.75) is 20.0 Å². The predicted molar refractivity (Wildman–Crippen MR) is 146 cm³/mol. The monoisotopic (exact) mass is 487 g/mol. The standard InChI is InChI=1S/C30H25N5O2/c1-20-7-5-8-21(17-20)18-34-28-26(29(36)33(2)30(34)37)27(23-13-15-31-16-14-23)35(32-28)19-24-11-6-10-22-9-3-4-12-25(22)24/h3-17H,18-19H2,1-2H3. The number of pyridine rings is 1. The van der Waals surface area contributed by atoms with Crippen molar-refractivity contribution >= 4 is 21.8 Å². The van der Waals surface area contributed by atoms with Crippen molar-refractivity contribution in [1.29, 1.82) is 0 Å². The summed E-state index contributed by atoms with van der Waals surface area (Å²) in [5.41, 5.74) is 4.25. The molecule has 0 unspecified atom stereocenters. The zero-order chi connectivity index (χ0) is 25.5. The second-order valence-electron chi connectivity index (χ2n) is 9.30. The molecular formula is C30H25N5O2. The van der Waals surface area contributed by atoms with Crippen LogP contribution in [0.25, 0.3) is 33.1 Å². The first-order valence-electron chi connectivity index (χ1n) is 12.1. The van der Waals surface area contributed by atoms with Crippen molar-refractivity contribution in [3.63, 3.8) is 0 Å². The van der Waals surface area contributed by atoms with Gasteiger partial charge >= 0.3 is 5.69 Å². The van der Waals surface area contributed by atoms with Gasteiger partial charge in [0, 0.05) is 25.0 Å². The lowest BCUT2D eigenvalue weighted by atomic mass is 10.0. The van der Waals surface area contributed by atoms with Gasteiger partial charge in [-0.3, -0.25) is 23.6 Å². The highest BCUT2D eigenvalue weighted by molar-refractivity contribution is 5.91. The van der Waals surface area contributed by atoms with Gasteiger partial charge in [-0.2, -0.15) is 5.10 Å². The minimum atomic E-state index is -0.393. The summed E-state index contributed by atoms with van der Waals surface area (Å²) < 4.78 is 4.61. The Morgan fingerprint density at radius 3 is 2.41 bits per heavy atom. The molecule has 3 aromatic carbocycles. The van der Waals surface area contributed by atoms with Crippen LogP contribution >= 0.6 is 0 Å². The van der Waals surface area contributed by atoms with Crippen LogP contribution in [0.4, 0.5) is 0 Å². The molecule has 0 atom stereocenters. The molecule has 0 aliphatic carbocycles. The highest BCUT2D eigenvalue weighted by Crippen LogP contribution is 2.28. The Labute approximate surface area is 212 Å². The predicted octanol–water partition coefficient (Wildman–Crippen LogP) is 4.52. The molecule has 0 radical (unpaired) electrons. The van der Waals surface area contributed by atoms with E-state index >= 15 is 0 Å². The molecule has 0 spiro atoms. The molecule has 182 valence electrons. The van der Waals surface area contributed by atoms with E-state index in [1.165, 1.54) is 11.6 Å². The smallest absolute Gasteiger partial charge is 0.271 e. The molecule has 0 fully saturated rings. The highest BCUT2D eigenvalue weighted by atomic mass is 16.2. The highest BCUT2D eigenvalue weighted by Gasteiger charge is 2.23. The number of aromatic nitrogens is 5. The van der Waals surface area contributed by atoms with Crippen LogP contribution in [0.1, 0.15) is 16.7 Å². The van der Waals surface area contributed by atoms with Gasteiger partial charge in [-0.15, -0.1) is 0 Å². The third-order valence-corrected chi connectivity index (χ3v) is 6.80. The third kappa shape index (κ3) is 3.94. The van der Waals surface area contributed by atoms with E-state index in [2.05, 4.69) is 29.2 Å². The molecule has 0 N–H and O–H groups in total. The summed E-state index contributed by atoms with van der Waals surface area (Å²) in [6.45, 7) is 2.77. The lowest BCUT2D eigenvalue weighted by Crippen LogP contribution is -2.38. The van der Waals surface area contributed by atoms with Crippen LogP contribution in [0.3, 0.4) is 0 Å². The lowest BCUT2D eigenvalue weighted by molar-refractivity contribution is 0.652. The maximum absolute atomic E-state index is 13.6. The van der Waals surface area contributed by atoms with Crippen molar-refractivity contribution in [1.82, 2.24) is 23.9 Å². The summed E-state index contributed by atoms with van der Waals surface area (Å²) in [5, 5.41) is 7.59. The molecule has 0 amide bonds. The Morgan fingerprint density at radius 2 is 1.59 bits per heavy atom. The summed E-state index contributed by atoms with van der Waals surface area (Å²) in [4.78, 5) is 31.1. The van der Waals surface area contributed by atoms with Gasteiger partial charge in [0.1, 0.15) is 5.39 Å². The van der Waals surface area contributed by atoms with Crippen molar-refractivity contribution < 1.29 is 0 Å². The van der Waals surface area contributed by atoms with E-state index in [-0.39, 0.29) is 5.56 Å². The second-order valence-corrected chi connectivity index (χ2v) is 9.30. The van der Waals surface area contributed by atoms with E-state index in [9.17, 15) is 9.59 Å². The van der Waals surface area contributed by atoms with Gasteiger partial charge in [0.25, 0.3) is 5.56 Å². The number of nitrogens with zero attached hydrogens (tertiary/aromatic N) is 5. The number of hydrogen-bond donors (Lipinski definition) is 0. The molecule has 0 aliphatic rings. The van der Waals surface area contributed by atoms with Gasteiger partial charge in [-0.05, 0) is 41.0 Å². The van der Waals surface area contributed by atoms with Gasteiger partial charge in [-0.1, -0.05) is 72.3 Å². The molecule has 7 nitrogen and oxygen atoms in total. The Balaban J connectivity index is 1.64. The molecule has 0 aliphatic heterocycles. The molecule has 3 aromatic heterocycles. The quantitative estimate of drug-likeness (QED) is 0.358. The zero-order valence-electron chi connectivity index (χ0n) is 20.6. The average Bonchev–Trinajstić information content (AvgIpc) is 3.29. The Hall–Kier alpha value is -4.78. The zero-order valence-corrected chi connectivity index (χ0v) is 20.6. The molecule has 3 heterocycles. The maximum atomic E-state index is 13.6. The fraction of sp³-hybridized carbons (Fsp3) is 0.133. The number of rotatable bonds is 5. The van der Waals surface area contributed by atoms with Gasteiger partial charge < -0.3 is 0 Å². The van der Waals surface area contributed by atoms with E-state index in [1.807, 2.05) is 66.2 Å². The van der Waals surface area contributed by atoms with Gasteiger partial charge in [0.05, 0.1) is 18.8 Å². The number of aryl methyl sites for hydroxylation is 1.